The van der Waals surface area contributed by atoms with Gasteiger partial charge in [0.15, 0.2) is 0 Å². The smallest absolute Gasteiger partial charge is 0.324 e. The van der Waals surface area contributed by atoms with Crippen LogP contribution < -0.4 is 10.6 Å². The average molecular weight is 401 g/mol. The summed E-state index contributed by atoms with van der Waals surface area (Å²) in [6.07, 6.45) is 5.40. The summed E-state index contributed by atoms with van der Waals surface area (Å²) >= 11 is 0. The number of amidine groups is 1. The van der Waals surface area contributed by atoms with E-state index in [-0.39, 0.29) is 30.0 Å². The van der Waals surface area contributed by atoms with Gasteiger partial charge in [-0.25, -0.2) is 4.79 Å². The molecule has 7 nitrogen and oxygen atoms in total. The van der Waals surface area contributed by atoms with Gasteiger partial charge in [-0.05, 0) is 76.1 Å². The largest absolute Gasteiger partial charge is 0.463 e. The first-order chi connectivity index (χ1) is 13.8. The van der Waals surface area contributed by atoms with E-state index in [2.05, 4.69) is 0 Å². The second-order valence-corrected chi connectivity index (χ2v) is 8.34. The molecule has 1 saturated heterocycles. The van der Waals surface area contributed by atoms with Crippen molar-refractivity contribution >= 4 is 23.5 Å². The van der Waals surface area contributed by atoms with Crippen LogP contribution in [0.5, 0.6) is 0 Å². The molecular weight excluding hydrogens is 368 g/mol. The highest BCUT2D eigenvalue weighted by molar-refractivity contribution is 5.97. The van der Waals surface area contributed by atoms with Gasteiger partial charge in [0.1, 0.15) is 5.84 Å². The Morgan fingerprint density at radius 1 is 1.17 bits per heavy atom. The number of amides is 2. The number of ether oxygens (including phenoxy) is 1. The van der Waals surface area contributed by atoms with Gasteiger partial charge in [0.25, 0.3) is 0 Å². The molecule has 1 aromatic carbocycles. The number of nitrogen functional groups attached to an aromatic ring is 1. The molecule has 1 heterocycles. The van der Waals surface area contributed by atoms with Crippen LogP contribution in [0.1, 0.15) is 57.9 Å². The molecule has 3 rings (SSSR count). The van der Waals surface area contributed by atoms with Crippen LogP contribution in [0, 0.1) is 11.3 Å². The molecule has 3 N–H and O–H groups in total. The number of rotatable bonds is 7. The quantitative estimate of drug-likeness (QED) is 0.416. The van der Waals surface area contributed by atoms with Gasteiger partial charge in [-0.15, -0.1) is 0 Å². The molecule has 0 bridgehead atoms. The molecule has 0 unspecified atom stereocenters. The second-order valence-electron chi connectivity index (χ2n) is 8.34. The molecule has 1 aliphatic heterocycles. The zero-order valence-corrected chi connectivity index (χ0v) is 17.4. The summed E-state index contributed by atoms with van der Waals surface area (Å²) in [6, 6.07) is 7.61. The van der Waals surface area contributed by atoms with Gasteiger partial charge in [0.2, 0.25) is 0 Å². The molecule has 158 valence electrons. The maximum Gasteiger partial charge on any atom is 0.324 e. The first-order valence-corrected chi connectivity index (χ1v) is 10.6. The summed E-state index contributed by atoms with van der Waals surface area (Å²) < 4.78 is 5.22. The number of carbonyl (C=O) groups excluding carboxylic acids is 2. The van der Waals surface area contributed by atoms with Gasteiger partial charge in [0.05, 0.1) is 6.10 Å². The predicted octanol–water partition coefficient (Wildman–Crippen LogP) is 3.50. The number of hydrogen-bond donors (Lipinski definition) is 2. The third-order valence-corrected chi connectivity index (χ3v) is 5.91. The highest BCUT2D eigenvalue weighted by Gasteiger charge is 2.36. The summed E-state index contributed by atoms with van der Waals surface area (Å²) in [4.78, 5) is 28.5. The van der Waals surface area contributed by atoms with E-state index in [1.807, 2.05) is 30.9 Å². The lowest BCUT2D eigenvalue weighted by Crippen LogP contribution is -2.41. The molecule has 2 fully saturated rings. The van der Waals surface area contributed by atoms with E-state index < -0.39 is 0 Å². The van der Waals surface area contributed by atoms with Crippen molar-refractivity contribution in [3.05, 3.63) is 29.8 Å². The van der Waals surface area contributed by atoms with Crippen LogP contribution in [0.4, 0.5) is 10.5 Å². The summed E-state index contributed by atoms with van der Waals surface area (Å²) in [5, 5.41) is 7.48. The van der Waals surface area contributed by atoms with Crippen molar-refractivity contribution in [1.82, 2.24) is 4.90 Å². The van der Waals surface area contributed by atoms with E-state index in [0.29, 0.717) is 24.4 Å². The normalized spacial score (nSPS) is 22.2. The van der Waals surface area contributed by atoms with E-state index in [1.165, 1.54) is 0 Å². The molecule has 1 saturated carbocycles. The zero-order valence-electron chi connectivity index (χ0n) is 17.4. The predicted molar refractivity (Wildman–Crippen MR) is 113 cm³/mol. The van der Waals surface area contributed by atoms with Crippen LogP contribution in [0.15, 0.2) is 24.3 Å². The number of carbonyl (C=O) groups is 2. The summed E-state index contributed by atoms with van der Waals surface area (Å²) in [6.45, 7) is 5.16. The lowest BCUT2D eigenvalue weighted by atomic mass is 9.83. The fourth-order valence-corrected chi connectivity index (χ4v) is 4.34. The van der Waals surface area contributed by atoms with Crippen LogP contribution in [0.3, 0.4) is 0 Å². The Hall–Kier alpha value is -2.57. The molecule has 29 heavy (non-hydrogen) atoms. The minimum atomic E-state index is -0.108. The summed E-state index contributed by atoms with van der Waals surface area (Å²) in [5.74, 6) is 0.460. The number of benzene rings is 1. The van der Waals surface area contributed by atoms with Gasteiger partial charge >= 0.3 is 12.0 Å². The molecule has 2 amide bonds. The van der Waals surface area contributed by atoms with Crippen molar-refractivity contribution < 1.29 is 14.3 Å². The van der Waals surface area contributed by atoms with Gasteiger partial charge in [-0.3, -0.25) is 15.1 Å². The SMILES string of the molecule is CC(C)OC(=O)CCC1CCC(N2CCN(c3ccc(C(=N)N)cc3)C2=O)CC1. The van der Waals surface area contributed by atoms with E-state index in [9.17, 15) is 9.59 Å². The monoisotopic (exact) mass is 400 g/mol. The fraction of sp³-hybridized carbons (Fsp3) is 0.591. The van der Waals surface area contributed by atoms with Gasteiger partial charge in [0, 0.05) is 36.8 Å². The highest BCUT2D eigenvalue weighted by atomic mass is 16.5. The van der Waals surface area contributed by atoms with Crippen molar-refractivity contribution in [3.8, 4) is 0 Å². The molecular formula is C22H32N4O3. The van der Waals surface area contributed by atoms with Crippen LogP contribution in [0.25, 0.3) is 0 Å². The van der Waals surface area contributed by atoms with Crippen LogP contribution >= 0.6 is 0 Å². The van der Waals surface area contributed by atoms with Crippen LogP contribution in [-0.2, 0) is 9.53 Å². The van der Waals surface area contributed by atoms with Gasteiger partial charge in [-0.1, -0.05) is 0 Å². The highest BCUT2D eigenvalue weighted by Crippen LogP contribution is 2.33. The first-order valence-electron chi connectivity index (χ1n) is 10.6. The minimum Gasteiger partial charge on any atom is -0.463 e. The minimum absolute atomic E-state index is 0.0279. The maximum absolute atomic E-state index is 12.9. The van der Waals surface area contributed by atoms with Crippen molar-refractivity contribution in [2.45, 2.75) is 64.5 Å². The number of urea groups is 1. The molecule has 2 aliphatic rings. The average Bonchev–Trinajstić information content (AvgIpc) is 3.07. The van der Waals surface area contributed by atoms with Gasteiger partial charge in [-0.2, -0.15) is 0 Å². The van der Waals surface area contributed by atoms with Crippen molar-refractivity contribution in [2.24, 2.45) is 11.7 Å². The molecule has 0 atom stereocenters. The Bertz CT molecular complexity index is 739. The molecule has 0 radical (unpaired) electrons. The summed E-state index contributed by atoms with van der Waals surface area (Å²) in [5.41, 5.74) is 7.01. The second kappa shape index (κ2) is 9.29. The number of nitrogens with one attached hydrogen (secondary N) is 1. The third-order valence-electron chi connectivity index (χ3n) is 5.91. The van der Waals surface area contributed by atoms with Crippen LogP contribution in [-0.4, -0.2) is 48.0 Å². The lowest BCUT2D eigenvalue weighted by Gasteiger charge is -2.34. The van der Waals surface area contributed by atoms with E-state index in [0.717, 1.165) is 44.3 Å². The van der Waals surface area contributed by atoms with E-state index >= 15 is 0 Å². The van der Waals surface area contributed by atoms with Crippen LogP contribution in [0.2, 0.25) is 0 Å². The Kier molecular flexibility index (Phi) is 6.77. The van der Waals surface area contributed by atoms with Gasteiger partial charge < -0.3 is 15.4 Å². The Balaban J connectivity index is 1.48. The zero-order chi connectivity index (χ0) is 21.0. The molecule has 1 aliphatic carbocycles. The number of hydrogen-bond acceptors (Lipinski definition) is 4. The molecule has 7 heteroatoms. The van der Waals surface area contributed by atoms with Crippen molar-refractivity contribution in [3.63, 3.8) is 0 Å². The standard InChI is InChI=1S/C22H32N4O3/c1-15(2)29-20(27)12-5-16-3-8-18(9-4-16)25-13-14-26(22(25)28)19-10-6-17(7-11-19)21(23)24/h6-7,10-11,15-16,18H,3-5,8-9,12-14H2,1-2H3,(H3,23,24). The van der Waals surface area contributed by atoms with E-state index in [4.69, 9.17) is 15.9 Å². The topological polar surface area (TPSA) is 99.7 Å². The number of anilines is 1. The van der Waals surface area contributed by atoms with Crippen molar-refractivity contribution in [1.29, 1.82) is 5.41 Å². The fourth-order valence-electron chi connectivity index (χ4n) is 4.34. The molecule has 1 aromatic rings. The first kappa shape index (κ1) is 21.1. The summed E-state index contributed by atoms with van der Waals surface area (Å²) in [7, 11) is 0. The maximum atomic E-state index is 12.9. The Morgan fingerprint density at radius 3 is 2.41 bits per heavy atom. The molecule has 0 aromatic heterocycles. The number of nitrogens with two attached hydrogens (primary N) is 1. The van der Waals surface area contributed by atoms with Crippen molar-refractivity contribution in [2.75, 3.05) is 18.0 Å². The Labute approximate surface area is 172 Å². The number of nitrogens with zero attached hydrogens (tertiary/aromatic N) is 2. The third kappa shape index (κ3) is 5.28. The van der Waals surface area contributed by atoms with E-state index in [1.54, 1.807) is 17.0 Å². The Morgan fingerprint density at radius 2 is 1.83 bits per heavy atom. The number of esters is 1. The molecule has 0 spiro atoms. The lowest BCUT2D eigenvalue weighted by molar-refractivity contribution is -0.147.